The standard InChI is InChI=1S/C18H17N5O2S/c1-11-14(16(19)24)15(13-8-5-9-25-13)23-17(20-11)21-18(22-23)26-10-12-6-3-2-4-7-12/h2-9,15H,10H2,1H3,(H2,19,24)(H,20,21,22). The number of hydrogen-bond donors (Lipinski definition) is 2. The van der Waals surface area contributed by atoms with Gasteiger partial charge in [0.25, 0.3) is 0 Å². The van der Waals surface area contributed by atoms with Gasteiger partial charge < -0.3 is 15.5 Å². The lowest BCUT2D eigenvalue weighted by atomic mass is 10.0. The summed E-state index contributed by atoms with van der Waals surface area (Å²) in [6, 6.07) is 13.1. The molecule has 1 aliphatic heterocycles. The molecule has 132 valence electrons. The number of amides is 1. The first-order valence-corrected chi connectivity index (χ1v) is 9.06. The summed E-state index contributed by atoms with van der Waals surface area (Å²) in [5.41, 5.74) is 7.86. The Balaban J connectivity index is 1.67. The molecule has 1 aromatic carbocycles. The van der Waals surface area contributed by atoms with Crippen molar-refractivity contribution in [1.29, 1.82) is 0 Å². The molecule has 7 nitrogen and oxygen atoms in total. The minimum absolute atomic E-state index is 0.414. The van der Waals surface area contributed by atoms with E-state index >= 15 is 0 Å². The summed E-state index contributed by atoms with van der Waals surface area (Å²) in [5, 5.41) is 8.31. The second-order valence-corrected chi connectivity index (χ2v) is 6.83. The van der Waals surface area contributed by atoms with Gasteiger partial charge in [0, 0.05) is 11.4 Å². The van der Waals surface area contributed by atoms with E-state index < -0.39 is 11.9 Å². The molecule has 0 spiro atoms. The van der Waals surface area contributed by atoms with Gasteiger partial charge >= 0.3 is 0 Å². The van der Waals surface area contributed by atoms with Gasteiger partial charge in [-0.1, -0.05) is 42.1 Å². The van der Waals surface area contributed by atoms with E-state index in [-0.39, 0.29) is 0 Å². The first-order chi connectivity index (χ1) is 12.6. The minimum atomic E-state index is -0.530. The van der Waals surface area contributed by atoms with Crippen LogP contribution >= 0.6 is 11.8 Å². The smallest absolute Gasteiger partial charge is 0.249 e. The Morgan fingerprint density at radius 3 is 2.81 bits per heavy atom. The van der Waals surface area contributed by atoms with Gasteiger partial charge in [-0.25, -0.2) is 4.68 Å². The molecule has 1 atom stereocenters. The van der Waals surface area contributed by atoms with E-state index in [1.807, 2.05) is 18.2 Å². The Bertz CT molecular complexity index is 963. The number of rotatable bonds is 5. The molecule has 0 fully saturated rings. The fourth-order valence-electron chi connectivity index (χ4n) is 2.94. The molecule has 3 aromatic rings. The van der Waals surface area contributed by atoms with Gasteiger partial charge in [-0.3, -0.25) is 4.79 Å². The summed E-state index contributed by atoms with van der Waals surface area (Å²) in [5.74, 6) is 1.39. The number of primary amides is 1. The maximum atomic E-state index is 12.0. The molecule has 0 saturated carbocycles. The van der Waals surface area contributed by atoms with Gasteiger partial charge in [-0.05, 0) is 24.6 Å². The van der Waals surface area contributed by atoms with Gasteiger partial charge in [0.1, 0.15) is 11.8 Å². The van der Waals surface area contributed by atoms with Crippen molar-refractivity contribution in [2.75, 3.05) is 5.32 Å². The molecule has 0 radical (unpaired) electrons. The van der Waals surface area contributed by atoms with Crippen molar-refractivity contribution >= 4 is 23.6 Å². The third kappa shape index (κ3) is 2.99. The molecule has 1 unspecified atom stereocenters. The lowest BCUT2D eigenvalue weighted by Crippen LogP contribution is -2.31. The molecular formula is C18H17N5O2S. The molecule has 4 rings (SSSR count). The SMILES string of the molecule is CC1=C(C(N)=O)C(c2ccco2)n2nc(SCc3ccccc3)nc2N1. The molecule has 3 heterocycles. The van der Waals surface area contributed by atoms with Crippen LogP contribution in [0.5, 0.6) is 0 Å². The molecule has 0 saturated heterocycles. The average molecular weight is 367 g/mol. The number of aromatic nitrogens is 3. The second-order valence-electron chi connectivity index (χ2n) is 5.88. The van der Waals surface area contributed by atoms with E-state index in [4.69, 9.17) is 10.2 Å². The van der Waals surface area contributed by atoms with Crippen LogP contribution in [0.4, 0.5) is 5.95 Å². The third-order valence-corrected chi connectivity index (χ3v) is 5.03. The number of nitrogens with one attached hydrogen (secondary N) is 1. The summed E-state index contributed by atoms with van der Waals surface area (Å²) >= 11 is 1.53. The number of fused-ring (bicyclic) bond motifs is 1. The minimum Gasteiger partial charge on any atom is -0.467 e. The van der Waals surface area contributed by atoms with Crippen molar-refractivity contribution in [3.63, 3.8) is 0 Å². The highest BCUT2D eigenvalue weighted by molar-refractivity contribution is 7.98. The predicted molar refractivity (Wildman–Crippen MR) is 98.4 cm³/mol. The summed E-state index contributed by atoms with van der Waals surface area (Å²) in [7, 11) is 0. The molecule has 26 heavy (non-hydrogen) atoms. The number of benzene rings is 1. The number of anilines is 1. The third-order valence-electron chi connectivity index (χ3n) is 4.12. The summed E-state index contributed by atoms with van der Waals surface area (Å²) in [6.45, 7) is 1.80. The molecule has 3 N–H and O–H groups in total. The fourth-order valence-corrected chi connectivity index (χ4v) is 3.73. The number of allylic oxidation sites excluding steroid dienone is 1. The Labute approximate surface area is 154 Å². The number of furan rings is 1. The van der Waals surface area contributed by atoms with E-state index in [1.54, 1.807) is 30.0 Å². The van der Waals surface area contributed by atoms with Crippen LogP contribution in [-0.4, -0.2) is 20.7 Å². The summed E-state index contributed by atoms with van der Waals surface area (Å²) in [4.78, 5) is 16.6. The van der Waals surface area contributed by atoms with Crippen LogP contribution in [0.15, 0.2) is 69.6 Å². The van der Waals surface area contributed by atoms with Crippen LogP contribution in [0.2, 0.25) is 0 Å². The average Bonchev–Trinajstić information content (AvgIpc) is 3.29. The van der Waals surface area contributed by atoms with Crippen LogP contribution < -0.4 is 11.1 Å². The second kappa shape index (κ2) is 6.72. The van der Waals surface area contributed by atoms with Gasteiger partial charge in [0.05, 0.1) is 11.8 Å². The van der Waals surface area contributed by atoms with Crippen LogP contribution in [0.1, 0.15) is 24.3 Å². The highest BCUT2D eigenvalue weighted by Gasteiger charge is 2.34. The van der Waals surface area contributed by atoms with Crippen molar-refractivity contribution in [2.24, 2.45) is 5.73 Å². The van der Waals surface area contributed by atoms with Crippen molar-refractivity contribution in [3.05, 3.63) is 71.3 Å². The highest BCUT2D eigenvalue weighted by atomic mass is 32.2. The zero-order valence-electron chi connectivity index (χ0n) is 14.0. The number of thioether (sulfide) groups is 1. The molecular weight excluding hydrogens is 350 g/mol. The van der Waals surface area contributed by atoms with E-state index in [2.05, 4.69) is 27.5 Å². The number of nitrogens with two attached hydrogens (primary N) is 1. The summed E-state index contributed by atoms with van der Waals surface area (Å²) in [6.07, 6.45) is 1.56. The lowest BCUT2D eigenvalue weighted by Gasteiger charge is -2.25. The number of carbonyl (C=O) groups excluding carboxylic acids is 1. The molecule has 2 aromatic heterocycles. The zero-order valence-corrected chi connectivity index (χ0v) is 14.9. The van der Waals surface area contributed by atoms with E-state index in [9.17, 15) is 4.79 Å². The topological polar surface area (TPSA) is 99.0 Å². The van der Waals surface area contributed by atoms with Crippen molar-refractivity contribution < 1.29 is 9.21 Å². The summed E-state index contributed by atoms with van der Waals surface area (Å²) < 4.78 is 7.18. The van der Waals surface area contributed by atoms with Crippen molar-refractivity contribution in [1.82, 2.24) is 14.8 Å². The maximum absolute atomic E-state index is 12.0. The fraction of sp³-hybridized carbons (Fsp3) is 0.167. The molecule has 8 heteroatoms. The van der Waals surface area contributed by atoms with E-state index in [0.29, 0.717) is 28.1 Å². The van der Waals surface area contributed by atoms with Crippen molar-refractivity contribution in [3.8, 4) is 0 Å². The highest BCUT2D eigenvalue weighted by Crippen LogP contribution is 2.36. The van der Waals surface area contributed by atoms with Gasteiger partial charge in [0.15, 0.2) is 0 Å². The Kier molecular flexibility index (Phi) is 4.26. The molecule has 0 bridgehead atoms. The van der Waals surface area contributed by atoms with Crippen molar-refractivity contribution in [2.45, 2.75) is 23.9 Å². The molecule has 0 aliphatic carbocycles. The van der Waals surface area contributed by atoms with Crippen LogP contribution in [0.3, 0.4) is 0 Å². The number of carbonyl (C=O) groups is 1. The largest absolute Gasteiger partial charge is 0.467 e. The zero-order chi connectivity index (χ0) is 18.1. The normalized spacial score (nSPS) is 16.3. The Hall–Kier alpha value is -3.00. The number of nitrogens with zero attached hydrogens (tertiary/aromatic N) is 3. The first-order valence-electron chi connectivity index (χ1n) is 8.07. The lowest BCUT2D eigenvalue weighted by molar-refractivity contribution is -0.115. The molecule has 1 aliphatic rings. The van der Waals surface area contributed by atoms with Crippen LogP contribution in [0, 0.1) is 0 Å². The predicted octanol–water partition coefficient (Wildman–Crippen LogP) is 2.94. The first kappa shape index (κ1) is 16.5. The maximum Gasteiger partial charge on any atom is 0.249 e. The number of hydrogen-bond acceptors (Lipinski definition) is 6. The monoisotopic (exact) mass is 367 g/mol. The van der Waals surface area contributed by atoms with Gasteiger partial charge in [-0.2, -0.15) is 4.98 Å². The quantitative estimate of drug-likeness (QED) is 0.673. The van der Waals surface area contributed by atoms with Crippen LogP contribution in [-0.2, 0) is 10.5 Å². The van der Waals surface area contributed by atoms with E-state index in [0.717, 1.165) is 5.75 Å². The van der Waals surface area contributed by atoms with Gasteiger partial charge in [-0.15, -0.1) is 5.10 Å². The van der Waals surface area contributed by atoms with Crippen LogP contribution in [0.25, 0.3) is 0 Å². The van der Waals surface area contributed by atoms with Gasteiger partial charge in [0.2, 0.25) is 17.0 Å². The Morgan fingerprint density at radius 2 is 2.12 bits per heavy atom. The molecule has 1 amide bonds. The Morgan fingerprint density at radius 1 is 1.31 bits per heavy atom. The van der Waals surface area contributed by atoms with E-state index in [1.165, 1.54) is 17.3 Å².